The summed E-state index contributed by atoms with van der Waals surface area (Å²) in [5.41, 5.74) is 7.14. The van der Waals surface area contributed by atoms with Crippen LogP contribution in [0, 0.1) is 0 Å². The second kappa shape index (κ2) is 10.1. The summed E-state index contributed by atoms with van der Waals surface area (Å²) in [6.07, 6.45) is 3.60. The molecule has 0 aliphatic carbocycles. The first-order valence-electron chi connectivity index (χ1n) is 11.0. The maximum Gasteiger partial charge on any atom is 0.285 e. The number of hydrogen-bond acceptors (Lipinski definition) is 5. The molecule has 2 aliphatic rings. The SMILES string of the molecule is O=C(CN1CCCCCC1=O)NNC(=O)C1=NN(c2ccccc2)[C@H](c2ccccc2)C1. The van der Waals surface area contributed by atoms with E-state index in [4.69, 9.17) is 0 Å². The summed E-state index contributed by atoms with van der Waals surface area (Å²) in [6, 6.07) is 19.4. The molecule has 2 aromatic rings. The first-order chi connectivity index (χ1) is 15.6. The zero-order valence-electron chi connectivity index (χ0n) is 17.9. The number of anilines is 1. The summed E-state index contributed by atoms with van der Waals surface area (Å²) < 4.78 is 0. The smallest absolute Gasteiger partial charge is 0.285 e. The fourth-order valence-electron chi connectivity index (χ4n) is 4.02. The Bertz CT molecular complexity index is 993. The number of hydrogen-bond donors (Lipinski definition) is 2. The number of carbonyl (C=O) groups excluding carboxylic acids is 3. The third-order valence-corrected chi connectivity index (χ3v) is 5.70. The molecule has 0 saturated carbocycles. The summed E-state index contributed by atoms with van der Waals surface area (Å²) in [4.78, 5) is 38.7. The van der Waals surface area contributed by atoms with Gasteiger partial charge in [0.05, 0.1) is 11.7 Å². The van der Waals surface area contributed by atoms with Crippen molar-refractivity contribution in [2.45, 2.75) is 38.1 Å². The average molecular weight is 434 g/mol. The summed E-state index contributed by atoms with van der Waals surface area (Å²) >= 11 is 0. The van der Waals surface area contributed by atoms with Crippen molar-refractivity contribution in [2.75, 3.05) is 18.1 Å². The van der Waals surface area contributed by atoms with Crippen molar-refractivity contribution in [3.05, 3.63) is 66.2 Å². The fraction of sp³-hybridized carbons (Fsp3) is 0.333. The molecule has 32 heavy (non-hydrogen) atoms. The van der Waals surface area contributed by atoms with Gasteiger partial charge in [-0.25, -0.2) is 0 Å². The van der Waals surface area contributed by atoms with Crippen molar-refractivity contribution >= 4 is 29.1 Å². The Balaban J connectivity index is 1.40. The van der Waals surface area contributed by atoms with Crippen LogP contribution in [0.5, 0.6) is 0 Å². The number of rotatable bonds is 5. The number of hydrazone groups is 1. The summed E-state index contributed by atoms with van der Waals surface area (Å²) in [5, 5.41) is 6.39. The Labute approximate surface area is 187 Å². The van der Waals surface area contributed by atoms with E-state index in [2.05, 4.69) is 16.0 Å². The Kier molecular flexibility index (Phi) is 6.79. The molecule has 8 nitrogen and oxygen atoms in total. The van der Waals surface area contributed by atoms with Crippen LogP contribution < -0.4 is 15.9 Å². The predicted octanol–water partition coefficient (Wildman–Crippen LogP) is 2.54. The number of amides is 3. The molecule has 4 rings (SSSR count). The third kappa shape index (κ3) is 5.14. The van der Waals surface area contributed by atoms with Gasteiger partial charge in [-0.2, -0.15) is 5.10 Å². The number of nitrogens with one attached hydrogen (secondary N) is 2. The van der Waals surface area contributed by atoms with E-state index < -0.39 is 11.8 Å². The van der Waals surface area contributed by atoms with Crippen molar-refractivity contribution < 1.29 is 14.4 Å². The molecule has 0 aromatic heterocycles. The molecule has 3 amide bonds. The highest BCUT2D eigenvalue weighted by molar-refractivity contribution is 6.39. The van der Waals surface area contributed by atoms with Gasteiger partial charge in [0, 0.05) is 19.4 Å². The number of para-hydroxylation sites is 1. The molecule has 1 fully saturated rings. The quantitative estimate of drug-likeness (QED) is 0.709. The zero-order chi connectivity index (χ0) is 22.3. The topological polar surface area (TPSA) is 94.1 Å². The maximum atomic E-state index is 12.8. The van der Waals surface area contributed by atoms with E-state index in [1.165, 1.54) is 0 Å². The summed E-state index contributed by atoms with van der Waals surface area (Å²) in [7, 11) is 0. The van der Waals surface area contributed by atoms with E-state index in [-0.39, 0.29) is 18.5 Å². The molecule has 1 saturated heterocycles. The molecule has 2 N–H and O–H groups in total. The first-order valence-corrected chi connectivity index (χ1v) is 11.0. The molecule has 2 heterocycles. The van der Waals surface area contributed by atoms with Crippen LogP contribution in [0.4, 0.5) is 5.69 Å². The van der Waals surface area contributed by atoms with Gasteiger partial charge < -0.3 is 4.90 Å². The Hall–Kier alpha value is -3.68. The van der Waals surface area contributed by atoms with Crippen molar-refractivity contribution in [3.63, 3.8) is 0 Å². The highest BCUT2D eigenvalue weighted by Gasteiger charge is 2.32. The molecule has 0 spiro atoms. The lowest BCUT2D eigenvalue weighted by atomic mass is 10.0. The largest absolute Gasteiger partial charge is 0.333 e. The normalized spacial score (nSPS) is 18.7. The minimum atomic E-state index is -0.458. The van der Waals surface area contributed by atoms with Crippen LogP contribution in [-0.2, 0) is 14.4 Å². The highest BCUT2D eigenvalue weighted by atomic mass is 16.2. The third-order valence-electron chi connectivity index (χ3n) is 5.70. The second-order valence-electron chi connectivity index (χ2n) is 7.99. The van der Waals surface area contributed by atoms with Gasteiger partial charge in [0.1, 0.15) is 12.3 Å². The van der Waals surface area contributed by atoms with Gasteiger partial charge in [-0.15, -0.1) is 0 Å². The maximum absolute atomic E-state index is 12.8. The van der Waals surface area contributed by atoms with Crippen molar-refractivity contribution in [1.82, 2.24) is 15.8 Å². The molecule has 2 aliphatic heterocycles. The monoisotopic (exact) mass is 433 g/mol. The van der Waals surface area contributed by atoms with Crippen LogP contribution in [0.15, 0.2) is 65.8 Å². The van der Waals surface area contributed by atoms with Crippen molar-refractivity contribution in [2.24, 2.45) is 5.10 Å². The van der Waals surface area contributed by atoms with E-state index >= 15 is 0 Å². The number of nitrogens with zero attached hydrogens (tertiary/aromatic N) is 3. The standard InChI is InChI=1S/C24H27N5O3/c30-22(17-28-15-9-3-8-14-23(28)31)25-26-24(32)20-16-21(18-10-4-1-5-11-18)29(27-20)19-12-6-2-7-13-19/h1-2,4-7,10-13,21H,3,8-9,14-17H2,(H,25,30)(H,26,32)/t21-/m0/s1. The second-order valence-corrected chi connectivity index (χ2v) is 7.99. The lowest BCUT2D eigenvalue weighted by Gasteiger charge is -2.23. The van der Waals surface area contributed by atoms with Gasteiger partial charge in [-0.1, -0.05) is 55.0 Å². The van der Waals surface area contributed by atoms with Crippen LogP contribution in [0.2, 0.25) is 0 Å². The number of carbonyl (C=O) groups is 3. The first kappa shape index (κ1) is 21.5. The Morgan fingerprint density at radius 2 is 1.66 bits per heavy atom. The van der Waals surface area contributed by atoms with Gasteiger partial charge in [0.2, 0.25) is 5.91 Å². The van der Waals surface area contributed by atoms with Gasteiger partial charge >= 0.3 is 0 Å². The van der Waals surface area contributed by atoms with Crippen LogP contribution in [0.3, 0.4) is 0 Å². The molecule has 0 radical (unpaired) electrons. The Morgan fingerprint density at radius 1 is 0.938 bits per heavy atom. The van der Waals surface area contributed by atoms with E-state index in [9.17, 15) is 14.4 Å². The fourth-order valence-corrected chi connectivity index (χ4v) is 4.02. The summed E-state index contributed by atoms with van der Waals surface area (Å²) in [5.74, 6) is -0.903. The van der Waals surface area contributed by atoms with Crippen LogP contribution in [-0.4, -0.2) is 41.4 Å². The van der Waals surface area contributed by atoms with E-state index in [1.54, 1.807) is 4.90 Å². The van der Waals surface area contributed by atoms with Gasteiger partial charge in [-0.05, 0) is 30.5 Å². The molecular formula is C24H27N5O3. The predicted molar refractivity (Wildman–Crippen MR) is 121 cm³/mol. The lowest BCUT2D eigenvalue weighted by molar-refractivity contribution is -0.136. The van der Waals surface area contributed by atoms with Crippen LogP contribution in [0.1, 0.15) is 43.7 Å². The molecule has 0 unspecified atom stereocenters. The van der Waals surface area contributed by atoms with E-state index in [0.717, 1.165) is 30.5 Å². The highest BCUT2D eigenvalue weighted by Crippen LogP contribution is 2.34. The molecular weight excluding hydrogens is 406 g/mol. The van der Waals surface area contributed by atoms with Crippen LogP contribution in [0.25, 0.3) is 0 Å². The van der Waals surface area contributed by atoms with Crippen molar-refractivity contribution in [1.29, 1.82) is 0 Å². The minimum absolute atomic E-state index is 0.0200. The Morgan fingerprint density at radius 3 is 2.41 bits per heavy atom. The number of hydrazine groups is 1. The van der Waals surface area contributed by atoms with Gasteiger partial charge in [0.15, 0.2) is 0 Å². The molecule has 1 atom stereocenters. The average Bonchev–Trinajstić information content (AvgIpc) is 3.18. The number of benzene rings is 2. The van der Waals surface area contributed by atoms with Gasteiger partial charge in [-0.3, -0.25) is 30.2 Å². The molecule has 0 bridgehead atoms. The van der Waals surface area contributed by atoms with E-state index in [0.29, 0.717) is 25.1 Å². The lowest BCUT2D eigenvalue weighted by Crippen LogP contribution is -2.49. The molecule has 166 valence electrons. The molecule has 8 heteroatoms. The van der Waals surface area contributed by atoms with Crippen molar-refractivity contribution in [3.8, 4) is 0 Å². The van der Waals surface area contributed by atoms with Crippen LogP contribution >= 0.6 is 0 Å². The van der Waals surface area contributed by atoms with Gasteiger partial charge in [0.25, 0.3) is 11.8 Å². The number of likely N-dealkylation sites (tertiary alicyclic amines) is 1. The molecule has 2 aromatic carbocycles. The minimum Gasteiger partial charge on any atom is -0.333 e. The van der Waals surface area contributed by atoms with E-state index in [1.807, 2.05) is 65.7 Å². The zero-order valence-corrected chi connectivity index (χ0v) is 17.9. The summed E-state index contributed by atoms with van der Waals surface area (Å²) in [6.45, 7) is 0.506.